The minimum Gasteiger partial charge on any atom is -0.441 e. The van der Waals surface area contributed by atoms with Crippen LogP contribution in [0.25, 0.3) is 11.5 Å². The van der Waals surface area contributed by atoms with Gasteiger partial charge in [0.15, 0.2) is 0 Å². The SMILES string of the molecule is Cc1oc(-c2ccccc2)nc1CC(=O)C(C)(C)C. The van der Waals surface area contributed by atoms with Crippen molar-refractivity contribution in [2.75, 3.05) is 0 Å². The first-order valence-corrected chi connectivity index (χ1v) is 6.43. The minimum atomic E-state index is -0.349. The molecule has 3 heteroatoms. The first-order valence-electron chi connectivity index (χ1n) is 6.43. The van der Waals surface area contributed by atoms with E-state index in [1.165, 1.54) is 0 Å². The van der Waals surface area contributed by atoms with E-state index in [0.29, 0.717) is 12.3 Å². The van der Waals surface area contributed by atoms with Gasteiger partial charge in [0.2, 0.25) is 5.89 Å². The molecular formula is C16H19NO2. The third-order valence-corrected chi connectivity index (χ3v) is 3.08. The van der Waals surface area contributed by atoms with Gasteiger partial charge in [0.05, 0.1) is 12.1 Å². The molecule has 100 valence electrons. The molecule has 1 heterocycles. The highest BCUT2D eigenvalue weighted by Gasteiger charge is 2.24. The molecule has 0 amide bonds. The molecule has 0 spiro atoms. The van der Waals surface area contributed by atoms with E-state index in [-0.39, 0.29) is 11.2 Å². The van der Waals surface area contributed by atoms with E-state index in [1.807, 2.05) is 58.0 Å². The quantitative estimate of drug-likeness (QED) is 0.839. The summed E-state index contributed by atoms with van der Waals surface area (Å²) < 4.78 is 5.65. The molecule has 0 aliphatic carbocycles. The highest BCUT2D eigenvalue weighted by atomic mass is 16.4. The second kappa shape index (κ2) is 5.00. The summed E-state index contributed by atoms with van der Waals surface area (Å²) in [5, 5.41) is 0. The Morgan fingerprint density at radius 3 is 2.42 bits per heavy atom. The first kappa shape index (κ1) is 13.5. The van der Waals surface area contributed by atoms with E-state index in [9.17, 15) is 4.79 Å². The molecule has 3 nitrogen and oxygen atoms in total. The van der Waals surface area contributed by atoms with Crippen molar-refractivity contribution < 1.29 is 9.21 Å². The van der Waals surface area contributed by atoms with Crippen molar-refractivity contribution in [3.8, 4) is 11.5 Å². The zero-order valence-electron chi connectivity index (χ0n) is 11.9. The number of ketones is 1. The average molecular weight is 257 g/mol. The lowest BCUT2D eigenvalue weighted by Crippen LogP contribution is -2.22. The lowest BCUT2D eigenvalue weighted by Gasteiger charge is -2.15. The smallest absolute Gasteiger partial charge is 0.226 e. The molecule has 0 aliphatic rings. The molecule has 0 saturated carbocycles. The fourth-order valence-corrected chi connectivity index (χ4v) is 1.71. The molecule has 0 atom stereocenters. The summed E-state index contributed by atoms with van der Waals surface area (Å²) in [5.41, 5.74) is 1.32. The number of hydrogen-bond donors (Lipinski definition) is 0. The fourth-order valence-electron chi connectivity index (χ4n) is 1.71. The van der Waals surface area contributed by atoms with Gasteiger partial charge in [0, 0.05) is 11.0 Å². The number of nitrogens with zero attached hydrogens (tertiary/aromatic N) is 1. The van der Waals surface area contributed by atoms with E-state index in [2.05, 4.69) is 4.98 Å². The first-order chi connectivity index (χ1) is 8.88. The van der Waals surface area contributed by atoms with Crippen molar-refractivity contribution in [3.63, 3.8) is 0 Å². The number of aromatic nitrogens is 1. The molecule has 2 aromatic rings. The van der Waals surface area contributed by atoms with Gasteiger partial charge in [0.25, 0.3) is 0 Å². The number of hydrogen-bond acceptors (Lipinski definition) is 3. The van der Waals surface area contributed by atoms with Crippen molar-refractivity contribution in [2.24, 2.45) is 5.41 Å². The van der Waals surface area contributed by atoms with Gasteiger partial charge in [-0.1, -0.05) is 39.0 Å². The van der Waals surface area contributed by atoms with Crippen LogP contribution in [0.3, 0.4) is 0 Å². The standard InChI is InChI=1S/C16H19NO2/c1-11-13(10-14(18)16(2,3)4)17-15(19-11)12-8-6-5-7-9-12/h5-9H,10H2,1-4H3. The largest absolute Gasteiger partial charge is 0.441 e. The number of carbonyl (C=O) groups excluding carboxylic acids is 1. The Kier molecular flexibility index (Phi) is 3.56. The van der Waals surface area contributed by atoms with Gasteiger partial charge in [-0.25, -0.2) is 4.98 Å². The lowest BCUT2D eigenvalue weighted by molar-refractivity contribution is -0.125. The Balaban J connectivity index is 2.25. The van der Waals surface area contributed by atoms with Gasteiger partial charge < -0.3 is 4.42 Å². The maximum absolute atomic E-state index is 12.1. The van der Waals surface area contributed by atoms with Gasteiger partial charge in [-0.05, 0) is 19.1 Å². The molecule has 0 saturated heterocycles. The monoisotopic (exact) mass is 257 g/mol. The van der Waals surface area contributed by atoms with E-state index >= 15 is 0 Å². The fraction of sp³-hybridized carbons (Fsp3) is 0.375. The van der Waals surface area contributed by atoms with Crippen molar-refractivity contribution in [1.29, 1.82) is 0 Å². The molecule has 0 N–H and O–H groups in total. The molecule has 0 fully saturated rings. The van der Waals surface area contributed by atoms with Crippen LogP contribution < -0.4 is 0 Å². The topological polar surface area (TPSA) is 43.1 Å². The van der Waals surface area contributed by atoms with Crippen LogP contribution in [-0.4, -0.2) is 10.8 Å². The van der Waals surface area contributed by atoms with Crippen LogP contribution >= 0.6 is 0 Å². The van der Waals surface area contributed by atoms with E-state index in [0.717, 1.165) is 17.0 Å². The Labute approximate surface area is 113 Å². The zero-order valence-corrected chi connectivity index (χ0v) is 11.9. The van der Waals surface area contributed by atoms with E-state index in [1.54, 1.807) is 0 Å². The van der Waals surface area contributed by atoms with Crippen molar-refractivity contribution in [2.45, 2.75) is 34.1 Å². The van der Waals surface area contributed by atoms with Gasteiger partial charge in [-0.15, -0.1) is 0 Å². The zero-order chi connectivity index (χ0) is 14.0. The van der Waals surface area contributed by atoms with E-state index in [4.69, 9.17) is 4.42 Å². The Hall–Kier alpha value is -1.90. The molecule has 0 bridgehead atoms. The normalized spacial score (nSPS) is 11.6. The number of benzene rings is 1. The highest BCUT2D eigenvalue weighted by Crippen LogP contribution is 2.24. The summed E-state index contributed by atoms with van der Waals surface area (Å²) in [4.78, 5) is 16.5. The minimum absolute atomic E-state index is 0.170. The van der Waals surface area contributed by atoms with Crippen LogP contribution in [0.4, 0.5) is 0 Å². The number of rotatable bonds is 3. The molecule has 0 unspecified atom stereocenters. The Morgan fingerprint density at radius 1 is 1.21 bits per heavy atom. The molecule has 1 aromatic heterocycles. The van der Waals surface area contributed by atoms with Crippen LogP contribution in [0.5, 0.6) is 0 Å². The van der Waals surface area contributed by atoms with Gasteiger partial charge >= 0.3 is 0 Å². The Morgan fingerprint density at radius 2 is 1.84 bits per heavy atom. The predicted octanol–water partition coefficient (Wildman–Crippen LogP) is 3.81. The summed E-state index contributed by atoms with van der Waals surface area (Å²) in [5.74, 6) is 1.47. The van der Waals surface area contributed by atoms with Crippen molar-refractivity contribution in [3.05, 3.63) is 41.8 Å². The lowest BCUT2D eigenvalue weighted by atomic mass is 9.88. The molecule has 19 heavy (non-hydrogen) atoms. The summed E-state index contributed by atoms with van der Waals surface area (Å²) in [6.45, 7) is 7.61. The maximum Gasteiger partial charge on any atom is 0.226 e. The summed E-state index contributed by atoms with van der Waals surface area (Å²) in [6.07, 6.45) is 0.325. The summed E-state index contributed by atoms with van der Waals surface area (Å²) in [7, 11) is 0. The van der Waals surface area contributed by atoms with Crippen LogP contribution in [0, 0.1) is 12.3 Å². The third kappa shape index (κ3) is 3.11. The summed E-state index contributed by atoms with van der Waals surface area (Å²) in [6, 6.07) is 9.72. The molecule has 0 radical (unpaired) electrons. The number of oxazole rings is 1. The number of carbonyl (C=O) groups is 1. The van der Waals surface area contributed by atoms with Gasteiger partial charge in [-0.3, -0.25) is 4.79 Å². The van der Waals surface area contributed by atoms with Gasteiger partial charge in [-0.2, -0.15) is 0 Å². The molecular weight excluding hydrogens is 238 g/mol. The predicted molar refractivity (Wildman–Crippen MR) is 74.8 cm³/mol. The van der Waals surface area contributed by atoms with Crippen molar-refractivity contribution in [1.82, 2.24) is 4.98 Å². The number of aryl methyl sites for hydroxylation is 1. The maximum atomic E-state index is 12.1. The third-order valence-electron chi connectivity index (χ3n) is 3.08. The second-order valence-electron chi connectivity index (χ2n) is 5.74. The van der Waals surface area contributed by atoms with Crippen LogP contribution in [0.2, 0.25) is 0 Å². The highest BCUT2D eigenvalue weighted by molar-refractivity contribution is 5.85. The van der Waals surface area contributed by atoms with Gasteiger partial charge in [0.1, 0.15) is 11.5 Å². The van der Waals surface area contributed by atoms with Crippen LogP contribution in [0.1, 0.15) is 32.2 Å². The average Bonchev–Trinajstić information content (AvgIpc) is 2.71. The van der Waals surface area contributed by atoms with Crippen LogP contribution in [0.15, 0.2) is 34.7 Å². The summed E-state index contributed by atoms with van der Waals surface area (Å²) >= 11 is 0. The Bertz CT molecular complexity index is 577. The number of Topliss-reactive ketones (excluding diaryl/α,β-unsaturated/α-hetero) is 1. The van der Waals surface area contributed by atoms with Crippen LogP contribution in [-0.2, 0) is 11.2 Å². The molecule has 1 aromatic carbocycles. The second-order valence-corrected chi connectivity index (χ2v) is 5.74. The molecule has 2 rings (SSSR count). The molecule has 0 aliphatic heterocycles. The van der Waals surface area contributed by atoms with E-state index < -0.39 is 0 Å². The van der Waals surface area contributed by atoms with Crippen molar-refractivity contribution >= 4 is 5.78 Å².